The Labute approximate surface area is 128 Å². The summed E-state index contributed by atoms with van der Waals surface area (Å²) >= 11 is 0. The topological polar surface area (TPSA) is 89.7 Å². The maximum absolute atomic E-state index is 13.4. The van der Waals surface area contributed by atoms with Crippen LogP contribution in [0.4, 0.5) is 8.78 Å². The van der Waals surface area contributed by atoms with Gasteiger partial charge in [0.25, 0.3) is 6.43 Å². The zero-order chi connectivity index (χ0) is 15.8. The number of H-pyrrole nitrogens is 1. The Morgan fingerprint density at radius 2 is 2.13 bits per heavy atom. The quantitative estimate of drug-likeness (QED) is 0.796. The van der Waals surface area contributed by atoms with Gasteiger partial charge in [-0.1, -0.05) is 23.4 Å². The first-order valence-corrected chi connectivity index (χ1v) is 6.94. The maximum atomic E-state index is 13.4. The fourth-order valence-corrected chi connectivity index (χ4v) is 2.62. The fraction of sp³-hybridized carbons (Fsp3) is 0.286. The minimum Gasteiger partial charge on any atom is -0.483 e. The first-order valence-electron chi connectivity index (χ1n) is 6.94. The third-order valence-electron chi connectivity index (χ3n) is 3.71. The van der Waals surface area contributed by atoms with Crippen LogP contribution in [-0.4, -0.2) is 37.9 Å². The van der Waals surface area contributed by atoms with E-state index in [4.69, 9.17) is 9.26 Å². The van der Waals surface area contributed by atoms with E-state index >= 15 is 0 Å². The van der Waals surface area contributed by atoms with Gasteiger partial charge in [-0.15, -0.1) is 0 Å². The summed E-state index contributed by atoms with van der Waals surface area (Å²) in [5.74, 6) is 0.310. The van der Waals surface area contributed by atoms with Crippen LogP contribution in [0, 0.1) is 0 Å². The number of aromatic nitrogens is 5. The molecule has 0 unspecified atom stereocenters. The molecule has 0 amide bonds. The summed E-state index contributed by atoms with van der Waals surface area (Å²) in [6, 6.07) is 7.08. The molecule has 0 saturated heterocycles. The highest BCUT2D eigenvalue weighted by molar-refractivity contribution is 5.41. The first kappa shape index (κ1) is 13.8. The van der Waals surface area contributed by atoms with Crippen LogP contribution in [0.2, 0.25) is 0 Å². The lowest BCUT2D eigenvalue weighted by atomic mass is 9.90. The molecule has 3 aromatic rings. The Morgan fingerprint density at radius 1 is 1.26 bits per heavy atom. The molecular formula is C14H11F2N5O2. The lowest BCUT2D eigenvalue weighted by Crippen LogP contribution is -2.37. The molecule has 2 aromatic heterocycles. The Morgan fingerprint density at radius 3 is 2.91 bits per heavy atom. The van der Waals surface area contributed by atoms with Crippen molar-refractivity contribution in [3.8, 4) is 17.4 Å². The largest absolute Gasteiger partial charge is 0.483 e. The average Bonchev–Trinajstić information content (AvgIpc) is 3.24. The van der Waals surface area contributed by atoms with E-state index in [1.807, 2.05) is 12.1 Å². The monoisotopic (exact) mass is 319 g/mol. The number of nitrogens with zero attached hydrogens (tertiary/aromatic N) is 4. The molecule has 23 heavy (non-hydrogen) atoms. The lowest BCUT2D eigenvalue weighted by Gasteiger charge is -2.30. The van der Waals surface area contributed by atoms with Crippen molar-refractivity contribution in [3.05, 3.63) is 42.0 Å². The van der Waals surface area contributed by atoms with Crippen molar-refractivity contribution >= 4 is 0 Å². The second-order valence-electron chi connectivity index (χ2n) is 5.13. The normalized spacial score (nSPS) is 20.3. The van der Waals surface area contributed by atoms with E-state index in [2.05, 4.69) is 25.3 Å². The first-order chi connectivity index (χ1) is 11.2. The molecule has 0 saturated carbocycles. The molecule has 0 fully saturated rings. The van der Waals surface area contributed by atoms with Gasteiger partial charge < -0.3 is 9.26 Å². The molecule has 9 heteroatoms. The molecule has 0 bridgehead atoms. The SMILES string of the molecule is FC(F)[C@@H]1Oc2ccccc2C[C@H]1c1nc(-c2ncn[nH]2)no1. The van der Waals surface area contributed by atoms with Crippen molar-refractivity contribution in [1.82, 2.24) is 25.3 Å². The minimum atomic E-state index is -2.67. The number of alkyl halides is 2. The van der Waals surface area contributed by atoms with E-state index in [0.29, 0.717) is 18.0 Å². The molecule has 2 atom stereocenters. The summed E-state index contributed by atoms with van der Waals surface area (Å²) in [6.07, 6.45) is -2.38. The van der Waals surface area contributed by atoms with Crippen LogP contribution in [0.25, 0.3) is 11.6 Å². The van der Waals surface area contributed by atoms with E-state index in [1.54, 1.807) is 12.1 Å². The predicted molar refractivity (Wildman–Crippen MR) is 73.0 cm³/mol. The number of nitrogens with one attached hydrogen (secondary N) is 1. The van der Waals surface area contributed by atoms with Crippen LogP contribution in [0.5, 0.6) is 5.75 Å². The maximum Gasteiger partial charge on any atom is 0.275 e. The summed E-state index contributed by atoms with van der Waals surface area (Å²) in [6.45, 7) is 0. The highest BCUT2D eigenvalue weighted by atomic mass is 19.3. The zero-order valence-corrected chi connectivity index (χ0v) is 11.7. The molecule has 0 aliphatic carbocycles. The molecule has 7 nitrogen and oxygen atoms in total. The number of halogens is 2. The molecule has 1 aromatic carbocycles. The summed E-state index contributed by atoms with van der Waals surface area (Å²) in [5, 5.41) is 10.0. The number of fused-ring (bicyclic) bond motifs is 1. The van der Waals surface area contributed by atoms with E-state index in [1.165, 1.54) is 6.33 Å². The Kier molecular flexibility index (Phi) is 3.25. The third-order valence-corrected chi connectivity index (χ3v) is 3.71. The number of rotatable bonds is 3. The van der Waals surface area contributed by atoms with Gasteiger partial charge in [0.2, 0.25) is 11.7 Å². The lowest BCUT2D eigenvalue weighted by molar-refractivity contribution is -0.0175. The fourth-order valence-electron chi connectivity index (χ4n) is 2.62. The molecule has 1 N–H and O–H groups in total. The van der Waals surface area contributed by atoms with Gasteiger partial charge in [0, 0.05) is 0 Å². The number of ether oxygens (including phenoxy) is 1. The van der Waals surface area contributed by atoms with E-state index in [9.17, 15) is 8.78 Å². The smallest absolute Gasteiger partial charge is 0.275 e. The number of hydrogen-bond acceptors (Lipinski definition) is 6. The van der Waals surface area contributed by atoms with Crippen LogP contribution in [0.15, 0.2) is 35.1 Å². The van der Waals surface area contributed by atoms with Crippen molar-refractivity contribution < 1.29 is 18.0 Å². The van der Waals surface area contributed by atoms with Gasteiger partial charge in [0.05, 0.1) is 5.92 Å². The van der Waals surface area contributed by atoms with E-state index < -0.39 is 18.4 Å². The molecule has 1 aliphatic heterocycles. The molecule has 118 valence electrons. The van der Waals surface area contributed by atoms with Crippen molar-refractivity contribution in [3.63, 3.8) is 0 Å². The summed E-state index contributed by atoms with van der Waals surface area (Å²) in [5.41, 5.74) is 0.828. The Bertz CT molecular complexity index is 805. The van der Waals surface area contributed by atoms with Gasteiger partial charge in [-0.3, -0.25) is 5.10 Å². The van der Waals surface area contributed by atoms with Gasteiger partial charge in [0.15, 0.2) is 11.9 Å². The average molecular weight is 319 g/mol. The Hall–Kier alpha value is -2.84. The third kappa shape index (κ3) is 2.43. The molecule has 3 heterocycles. The highest BCUT2D eigenvalue weighted by Gasteiger charge is 2.40. The van der Waals surface area contributed by atoms with Crippen molar-refractivity contribution in [2.24, 2.45) is 0 Å². The van der Waals surface area contributed by atoms with Gasteiger partial charge >= 0.3 is 0 Å². The van der Waals surface area contributed by atoms with E-state index in [-0.39, 0.29) is 11.7 Å². The van der Waals surface area contributed by atoms with Crippen LogP contribution in [-0.2, 0) is 6.42 Å². The van der Waals surface area contributed by atoms with Crippen LogP contribution in [0.1, 0.15) is 17.4 Å². The summed E-state index contributed by atoms with van der Waals surface area (Å²) in [7, 11) is 0. The number of aromatic amines is 1. The van der Waals surface area contributed by atoms with Crippen molar-refractivity contribution in [1.29, 1.82) is 0 Å². The highest BCUT2D eigenvalue weighted by Crippen LogP contribution is 2.38. The van der Waals surface area contributed by atoms with Crippen molar-refractivity contribution in [2.75, 3.05) is 0 Å². The van der Waals surface area contributed by atoms with Gasteiger partial charge in [-0.2, -0.15) is 10.1 Å². The van der Waals surface area contributed by atoms with Gasteiger partial charge in [0.1, 0.15) is 12.1 Å². The van der Waals surface area contributed by atoms with Crippen LogP contribution >= 0.6 is 0 Å². The standard InChI is InChI=1S/C14H11F2N5O2/c15-11(16)10-8(5-7-3-1-2-4-9(7)22-10)14-19-13(21-23-14)12-17-6-18-20-12/h1-4,6,8,10-11H,5H2,(H,17,18,20)/t8-,10-/m1/s1. The molecule has 0 spiro atoms. The molecular weight excluding hydrogens is 308 g/mol. The molecule has 1 aliphatic rings. The van der Waals surface area contributed by atoms with Crippen LogP contribution < -0.4 is 4.74 Å². The number of hydrogen-bond donors (Lipinski definition) is 1. The predicted octanol–water partition coefficient (Wildman–Crippen LogP) is 2.21. The van der Waals surface area contributed by atoms with Crippen molar-refractivity contribution in [2.45, 2.75) is 24.9 Å². The summed E-state index contributed by atoms with van der Waals surface area (Å²) < 4.78 is 37.4. The second-order valence-corrected chi connectivity index (χ2v) is 5.13. The number of para-hydroxylation sites is 1. The van der Waals surface area contributed by atoms with Gasteiger partial charge in [-0.25, -0.2) is 13.8 Å². The van der Waals surface area contributed by atoms with Gasteiger partial charge in [-0.05, 0) is 18.1 Å². The second kappa shape index (κ2) is 5.41. The summed E-state index contributed by atoms with van der Waals surface area (Å²) in [4.78, 5) is 8.06. The molecule has 0 radical (unpaired) electrons. The van der Waals surface area contributed by atoms with E-state index in [0.717, 1.165) is 5.56 Å². The minimum absolute atomic E-state index is 0.0937. The zero-order valence-electron chi connectivity index (χ0n) is 11.7. The number of benzene rings is 1. The Balaban J connectivity index is 1.69. The van der Waals surface area contributed by atoms with Crippen LogP contribution in [0.3, 0.4) is 0 Å². The molecule has 4 rings (SSSR count).